The molecule has 0 saturated heterocycles. The van der Waals surface area contributed by atoms with Crippen molar-refractivity contribution in [1.82, 2.24) is 25.0 Å². The van der Waals surface area contributed by atoms with Crippen LogP contribution in [-0.4, -0.2) is 62.5 Å². The normalized spacial score (nSPS) is 22.3. The van der Waals surface area contributed by atoms with Crippen LogP contribution in [-0.2, 0) is 13.1 Å². The number of nitrogens with zero attached hydrogens (tertiary/aromatic N) is 4. The lowest BCUT2D eigenvalue weighted by molar-refractivity contribution is -0.177. The van der Waals surface area contributed by atoms with Gasteiger partial charge in [-0.25, -0.2) is 0 Å². The summed E-state index contributed by atoms with van der Waals surface area (Å²) in [5.41, 5.74) is 1.97. The molecule has 0 amide bonds. The third-order valence-electron chi connectivity index (χ3n) is 3.77. The molecule has 3 N–H and O–H groups in total. The molecule has 0 fully saturated rings. The van der Waals surface area contributed by atoms with E-state index in [0.29, 0.717) is 19.8 Å². The van der Waals surface area contributed by atoms with Gasteiger partial charge in [0.15, 0.2) is 5.79 Å². The Bertz CT molecular complexity index is 602. The number of aromatic nitrogens is 1. The zero-order chi connectivity index (χ0) is 16.3. The van der Waals surface area contributed by atoms with Crippen LogP contribution in [0.4, 0.5) is 0 Å². The summed E-state index contributed by atoms with van der Waals surface area (Å²) in [6.07, 6.45) is 7.42. The van der Waals surface area contributed by atoms with Gasteiger partial charge in [0.2, 0.25) is 0 Å². The van der Waals surface area contributed by atoms with E-state index in [2.05, 4.69) is 15.2 Å². The quantitative estimate of drug-likeness (QED) is 0.573. The molecule has 3 heterocycles. The first-order chi connectivity index (χ1) is 11.0. The van der Waals surface area contributed by atoms with E-state index in [1.165, 1.54) is 0 Å². The van der Waals surface area contributed by atoms with Gasteiger partial charge < -0.3 is 30.2 Å². The predicted octanol–water partition coefficient (Wildman–Crippen LogP) is -0.185. The number of β-amino-alcohol motifs (C(OH)–C–C–N with tert-alkyl or cyclic N) is 2. The molecule has 1 aromatic heterocycles. The van der Waals surface area contributed by atoms with Crippen molar-refractivity contribution in [2.24, 2.45) is 0 Å². The number of fused-ring (bicyclic) bond motifs is 4. The van der Waals surface area contributed by atoms with Crippen molar-refractivity contribution in [3.63, 3.8) is 0 Å². The van der Waals surface area contributed by atoms with Crippen molar-refractivity contribution in [3.05, 3.63) is 54.4 Å². The monoisotopic (exact) mass is 317 g/mol. The summed E-state index contributed by atoms with van der Waals surface area (Å²) in [7, 11) is 1.81. The van der Waals surface area contributed by atoms with E-state index in [1.807, 2.05) is 42.5 Å². The molecule has 23 heavy (non-hydrogen) atoms. The van der Waals surface area contributed by atoms with E-state index in [-0.39, 0.29) is 13.1 Å². The molecule has 3 rings (SSSR count). The van der Waals surface area contributed by atoms with Crippen LogP contribution in [0.5, 0.6) is 0 Å². The van der Waals surface area contributed by atoms with E-state index >= 15 is 0 Å². The Kier molecular flexibility index (Phi) is 4.40. The highest BCUT2D eigenvalue weighted by Gasteiger charge is 2.28. The van der Waals surface area contributed by atoms with Gasteiger partial charge in [0.1, 0.15) is 0 Å². The third-order valence-corrected chi connectivity index (χ3v) is 3.77. The summed E-state index contributed by atoms with van der Waals surface area (Å²) >= 11 is 0. The standard InChI is InChI=1S/C16H23N5O2/c1-19-6-5-17-9-14-3-2-4-15(18-14)10-20-7-8-21(13-20)12-16(22,23)11-19/h2-8,17,22-23H,9-13H2,1H3/b6-5-. The Morgan fingerprint density at radius 2 is 1.87 bits per heavy atom. The number of pyridine rings is 1. The van der Waals surface area contributed by atoms with Gasteiger partial charge in [-0.1, -0.05) is 6.07 Å². The maximum Gasteiger partial charge on any atom is 0.198 e. The first kappa shape index (κ1) is 15.6. The number of likely N-dealkylation sites (N-methyl/N-ethyl adjacent to an activating group) is 1. The van der Waals surface area contributed by atoms with Crippen LogP contribution in [0.3, 0.4) is 0 Å². The fourth-order valence-electron chi connectivity index (χ4n) is 2.82. The second-order valence-electron chi connectivity index (χ2n) is 6.15. The van der Waals surface area contributed by atoms with Gasteiger partial charge in [0, 0.05) is 31.8 Å². The zero-order valence-electron chi connectivity index (χ0n) is 13.3. The van der Waals surface area contributed by atoms with Crippen LogP contribution >= 0.6 is 0 Å². The minimum Gasteiger partial charge on any atom is -0.384 e. The van der Waals surface area contributed by atoms with Crippen LogP contribution in [0.2, 0.25) is 0 Å². The summed E-state index contributed by atoms with van der Waals surface area (Å²) in [5, 5.41) is 23.6. The zero-order valence-corrected chi connectivity index (χ0v) is 13.3. The lowest BCUT2D eigenvalue weighted by atomic mass is 10.2. The summed E-state index contributed by atoms with van der Waals surface area (Å²) < 4.78 is 0. The molecule has 0 aliphatic carbocycles. The molecule has 0 radical (unpaired) electrons. The first-order valence-electron chi connectivity index (χ1n) is 7.66. The Labute approximate surface area is 136 Å². The summed E-state index contributed by atoms with van der Waals surface area (Å²) in [6.45, 7) is 2.22. The fourth-order valence-corrected chi connectivity index (χ4v) is 2.82. The largest absolute Gasteiger partial charge is 0.384 e. The highest BCUT2D eigenvalue weighted by atomic mass is 16.5. The molecule has 0 aromatic carbocycles. The Hall–Kier alpha value is -2.25. The van der Waals surface area contributed by atoms with Crippen molar-refractivity contribution in [1.29, 1.82) is 0 Å². The van der Waals surface area contributed by atoms with Gasteiger partial charge in [-0.3, -0.25) is 4.98 Å². The molecule has 0 atom stereocenters. The smallest absolute Gasteiger partial charge is 0.198 e. The molecule has 7 heteroatoms. The van der Waals surface area contributed by atoms with Crippen LogP contribution < -0.4 is 5.32 Å². The van der Waals surface area contributed by atoms with E-state index in [9.17, 15) is 10.2 Å². The average Bonchev–Trinajstić information content (AvgIpc) is 2.89. The average molecular weight is 317 g/mol. The molecule has 4 bridgehead atoms. The minimum atomic E-state index is -1.78. The van der Waals surface area contributed by atoms with Crippen LogP contribution in [0.15, 0.2) is 43.0 Å². The molecule has 124 valence electrons. The second kappa shape index (κ2) is 6.47. The lowest BCUT2D eigenvalue weighted by Crippen LogP contribution is -2.48. The van der Waals surface area contributed by atoms with Crippen LogP contribution in [0.1, 0.15) is 11.4 Å². The molecule has 7 nitrogen and oxygen atoms in total. The van der Waals surface area contributed by atoms with Gasteiger partial charge in [0.25, 0.3) is 0 Å². The molecule has 1 aromatic rings. The molecule has 0 saturated carbocycles. The molecule has 0 spiro atoms. The van der Waals surface area contributed by atoms with Gasteiger partial charge in [0.05, 0.1) is 44.2 Å². The van der Waals surface area contributed by atoms with E-state index in [0.717, 1.165) is 11.4 Å². The van der Waals surface area contributed by atoms with Crippen molar-refractivity contribution >= 4 is 0 Å². The van der Waals surface area contributed by atoms with Crippen molar-refractivity contribution in [2.45, 2.75) is 18.9 Å². The van der Waals surface area contributed by atoms with Gasteiger partial charge >= 0.3 is 0 Å². The van der Waals surface area contributed by atoms with Crippen LogP contribution in [0, 0.1) is 0 Å². The fraction of sp³-hybridized carbons (Fsp3) is 0.438. The van der Waals surface area contributed by atoms with E-state index in [4.69, 9.17) is 0 Å². The summed E-state index contributed by atoms with van der Waals surface area (Å²) in [4.78, 5) is 10.4. The number of nitrogens with one attached hydrogen (secondary N) is 1. The molecular formula is C16H23N5O2. The SMILES string of the molecule is CN1/C=C\NCc2cccc(n2)CN2C=CN(C2)CC(O)(O)C1. The molecular weight excluding hydrogens is 294 g/mol. The molecule has 2 aliphatic rings. The molecule has 0 unspecified atom stereocenters. The topological polar surface area (TPSA) is 75.1 Å². The molecule has 2 aliphatic heterocycles. The van der Waals surface area contributed by atoms with Gasteiger partial charge in [-0.15, -0.1) is 0 Å². The second-order valence-corrected chi connectivity index (χ2v) is 6.15. The predicted molar refractivity (Wildman–Crippen MR) is 86.3 cm³/mol. The highest BCUT2D eigenvalue weighted by Crippen LogP contribution is 2.15. The first-order valence-corrected chi connectivity index (χ1v) is 7.66. The van der Waals surface area contributed by atoms with E-state index in [1.54, 1.807) is 17.3 Å². The maximum atomic E-state index is 10.2. The third kappa shape index (κ3) is 4.37. The van der Waals surface area contributed by atoms with Gasteiger partial charge in [-0.2, -0.15) is 0 Å². The van der Waals surface area contributed by atoms with Crippen LogP contribution in [0.25, 0.3) is 0 Å². The van der Waals surface area contributed by atoms with Crippen molar-refractivity contribution < 1.29 is 10.2 Å². The van der Waals surface area contributed by atoms with Gasteiger partial charge in [-0.05, 0) is 12.1 Å². The summed E-state index contributed by atoms with van der Waals surface area (Å²) in [5.74, 6) is -1.78. The van der Waals surface area contributed by atoms with Crippen molar-refractivity contribution in [3.8, 4) is 0 Å². The Morgan fingerprint density at radius 3 is 2.74 bits per heavy atom. The summed E-state index contributed by atoms with van der Waals surface area (Å²) in [6, 6.07) is 6.01. The minimum absolute atomic E-state index is 0.127. The van der Waals surface area contributed by atoms with E-state index < -0.39 is 5.79 Å². The lowest BCUT2D eigenvalue weighted by Gasteiger charge is -2.31. The van der Waals surface area contributed by atoms with Crippen molar-refractivity contribution in [2.75, 3.05) is 26.8 Å². The number of rotatable bonds is 0. The Balaban J connectivity index is 1.79. The number of hydrogen-bond acceptors (Lipinski definition) is 7. The highest BCUT2D eigenvalue weighted by molar-refractivity contribution is 5.12. The maximum absolute atomic E-state index is 10.2. The number of aliphatic hydroxyl groups is 2. The Morgan fingerprint density at radius 1 is 1.09 bits per heavy atom. The number of hydrogen-bond donors (Lipinski definition) is 3.